The number of esters is 1. The van der Waals surface area contributed by atoms with Gasteiger partial charge in [0.15, 0.2) is 22.5 Å². The van der Waals surface area contributed by atoms with Gasteiger partial charge in [-0.1, -0.05) is 17.7 Å². The minimum Gasteiger partial charge on any atom is -0.466 e. The molecule has 0 amide bonds. The average molecular weight is 563 g/mol. The number of rotatable bonds is 6. The van der Waals surface area contributed by atoms with Crippen molar-refractivity contribution >= 4 is 33.2 Å². The van der Waals surface area contributed by atoms with E-state index in [1.807, 2.05) is 6.92 Å². The summed E-state index contributed by atoms with van der Waals surface area (Å²) in [6.45, 7) is 3.96. The first-order valence-corrected chi connectivity index (χ1v) is 14.7. The molecule has 1 saturated heterocycles. The molecule has 2 aromatic rings. The maximum absolute atomic E-state index is 14.6. The zero-order valence-electron chi connectivity index (χ0n) is 21.2. The van der Waals surface area contributed by atoms with Gasteiger partial charge in [-0.2, -0.15) is 0 Å². The number of halogens is 2. The Morgan fingerprint density at radius 1 is 1.21 bits per heavy atom. The Bertz CT molecular complexity index is 1460. The first kappa shape index (κ1) is 26.6. The third kappa shape index (κ3) is 4.69. The smallest absolute Gasteiger partial charge is 0.338 e. The quantitative estimate of drug-likeness (QED) is 0.422. The summed E-state index contributed by atoms with van der Waals surface area (Å²) in [6, 6.07) is 1.49. The number of methoxy groups -OCH3 is 1. The van der Waals surface area contributed by atoms with Crippen LogP contribution in [0.4, 0.5) is 8.78 Å². The number of allylic oxidation sites excluding steroid dienone is 2. The minimum atomic E-state index is -3.44. The van der Waals surface area contributed by atoms with E-state index in [4.69, 9.17) is 9.73 Å². The number of carbonyl (C=O) groups is 1. The summed E-state index contributed by atoms with van der Waals surface area (Å²) < 4.78 is 61.3. The van der Waals surface area contributed by atoms with Crippen LogP contribution in [0.1, 0.15) is 48.4 Å². The summed E-state index contributed by atoms with van der Waals surface area (Å²) in [5, 5.41) is 5.15. The van der Waals surface area contributed by atoms with E-state index in [-0.39, 0.29) is 17.1 Å². The van der Waals surface area contributed by atoms with Crippen LogP contribution < -0.4 is 5.32 Å². The molecule has 0 bridgehead atoms. The van der Waals surface area contributed by atoms with Crippen molar-refractivity contribution in [3.05, 3.63) is 74.4 Å². The highest BCUT2D eigenvalue weighted by Gasteiger charge is 2.41. The van der Waals surface area contributed by atoms with E-state index in [1.165, 1.54) is 35.7 Å². The standard InChI is InChI=1S/C26H28F2N4O4S2/c1-14-12-17(13-14)38(34,35)32-9-6-16(7-10-32)22-20(26(33)36-3)23(18-4-5-19(27)21(28)15(18)2)31-24(30-22)25-29-8-11-37-25/h4-5,8,11-12,16-17,23H,6-7,9-10,13H2,1-3H3,(H,30,31)/t17-,23+/m1/s1. The Morgan fingerprint density at radius 3 is 2.53 bits per heavy atom. The molecule has 3 aliphatic rings. The van der Waals surface area contributed by atoms with Crippen LogP contribution in [-0.4, -0.2) is 55.0 Å². The first-order chi connectivity index (χ1) is 18.1. The summed E-state index contributed by atoms with van der Waals surface area (Å²) in [6.07, 6.45) is 4.89. The Hall–Kier alpha value is -2.96. The van der Waals surface area contributed by atoms with Crippen LogP contribution in [0, 0.1) is 24.5 Å². The van der Waals surface area contributed by atoms with Crippen molar-refractivity contribution in [1.82, 2.24) is 14.6 Å². The Balaban J connectivity index is 1.53. The SMILES string of the molecule is COC(=O)C1=C(C2CCN(S(=O)(=O)[C@@H]3C=C(C)C3)CC2)NC(c2nccs2)=N[C@H]1c1ccc(F)c(F)c1C. The van der Waals surface area contributed by atoms with Gasteiger partial charge in [-0.3, -0.25) is 4.99 Å². The predicted octanol–water partition coefficient (Wildman–Crippen LogP) is 4.01. The van der Waals surface area contributed by atoms with E-state index >= 15 is 0 Å². The molecule has 5 rings (SSSR count). The lowest BCUT2D eigenvalue weighted by Crippen LogP contribution is -2.46. The maximum atomic E-state index is 14.6. The van der Waals surface area contributed by atoms with Crippen LogP contribution in [0.15, 0.2) is 51.6 Å². The van der Waals surface area contributed by atoms with Gasteiger partial charge >= 0.3 is 5.97 Å². The van der Waals surface area contributed by atoms with Crippen LogP contribution in [0.3, 0.4) is 0 Å². The van der Waals surface area contributed by atoms with E-state index < -0.39 is 38.9 Å². The third-order valence-corrected chi connectivity index (χ3v) is 10.3. The number of sulfonamides is 1. The number of nitrogens with one attached hydrogen (secondary N) is 1. The van der Waals surface area contributed by atoms with Gasteiger partial charge in [-0.25, -0.2) is 31.3 Å². The fourth-order valence-electron chi connectivity index (χ4n) is 5.24. The van der Waals surface area contributed by atoms with Gasteiger partial charge in [0, 0.05) is 36.3 Å². The van der Waals surface area contributed by atoms with E-state index in [9.17, 15) is 22.0 Å². The number of ether oxygens (including phenoxy) is 1. The largest absolute Gasteiger partial charge is 0.466 e. The molecule has 3 heterocycles. The molecule has 0 saturated carbocycles. The number of hydrogen-bond donors (Lipinski definition) is 1. The molecular weight excluding hydrogens is 534 g/mol. The van der Waals surface area contributed by atoms with Gasteiger partial charge < -0.3 is 10.1 Å². The monoisotopic (exact) mass is 562 g/mol. The van der Waals surface area contributed by atoms with E-state index in [1.54, 1.807) is 17.7 Å². The minimum absolute atomic E-state index is 0.0460. The molecule has 2 aliphatic heterocycles. The molecule has 0 unspecified atom stereocenters. The molecule has 1 aromatic carbocycles. The second-order valence-electron chi connectivity index (χ2n) is 9.71. The highest BCUT2D eigenvalue weighted by Crippen LogP contribution is 2.40. The van der Waals surface area contributed by atoms with Crippen LogP contribution in [0.25, 0.3) is 0 Å². The number of aliphatic imine (C=N–C) groups is 1. The van der Waals surface area contributed by atoms with Crippen LogP contribution in [0.2, 0.25) is 0 Å². The van der Waals surface area contributed by atoms with Crippen LogP contribution in [-0.2, 0) is 19.6 Å². The molecule has 8 nitrogen and oxygen atoms in total. The number of hydrogen-bond acceptors (Lipinski definition) is 8. The van der Waals surface area contributed by atoms with E-state index in [2.05, 4.69) is 10.3 Å². The molecule has 202 valence electrons. The zero-order chi connectivity index (χ0) is 27.2. The summed E-state index contributed by atoms with van der Waals surface area (Å²) in [4.78, 5) is 22.2. The van der Waals surface area contributed by atoms with E-state index in [0.717, 1.165) is 11.6 Å². The van der Waals surface area contributed by atoms with Crippen molar-refractivity contribution in [2.45, 2.75) is 44.4 Å². The fourth-order valence-corrected chi connectivity index (χ4v) is 7.81. The second kappa shape index (κ2) is 10.3. The molecule has 12 heteroatoms. The lowest BCUT2D eigenvalue weighted by Gasteiger charge is -2.38. The number of thiazole rings is 1. The van der Waals surface area contributed by atoms with Crippen molar-refractivity contribution in [3.8, 4) is 0 Å². The van der Waals surface area contributed by atoms with Crippen molar-refractivity contribution in [3.63, 3.8) is 0 Å². The number of piperidine rings is 1. The summed E-state index contributed by atoms with van der Waals surface area (Å²) in [7, 11) is -2.19. The Morgan fingerprint density at radius 2 is 1.92 bits per heavy atom. The number of amidine groups is 1. The predicted molar refractivity (Wildman–Crippen MR) is 140 cm³/mol. The van der Waals surface area contributed by atoms with Gasteiger partial charge in [0.25, 0.3) is 0 Å². The number of carbonyl (C=O) groups excluding carboxylic acids is 1. The van der Waals surface area contributed by atoms with Gasteiger partial charge in [0.2, 0.25) is 10.0 Å². The normalized spacial score (nSPS) is 22.9. The highest BCUT2D eigenvalue weighted by molar-refractivity contribution is 7.90. The molecule has 38 heavy (non-hydrogen) atoms. The van der Waals surface area contributed by atoms with Crippen LogP contribution in [0.5, 0.6) is 0 Å². The fraction of sp³-hybridized carbons (Fsp3) is 0.423. The summed E-state index contributed by atoms with van der Waals surface area (Å²) in [5.74, 6) is -2.45. The molecule has 1 fully saturated rings. The maximum Gasteiger partial charge on any atom is 0.338 e. The molecule has 1 aliphatic carbocycles. The lowest BCUT2D eigenvalue weighted by molar-refractivity contribution is -0.136. The Labute approximate surface area is 224 Å². The van der Waals surface area contributed by atoms with Gasteiger partial charge in [0.1, 0.15) is 6.04 Å². The highest BCUT2D eigenvalue weighted by atomic mass is 32.2. The molecule has 0 spiro atoms. The second-order valence-corrected chi connectivity index (χ2v) is 12.8. The lowest BCUT2D eigenvalue weighted by atomic mass is 9.85. The van der Waals surface area contributed by atoms with Gasteiger partial charge in [0.05, 0.1) is 17.9 Å². The Kier molecular flexibility index (Phi) is 7.23. The van der Waals surface area contributed by atoms with Crippen LogP contribution >= 0.6 is 11.3 Å². The van der Waals surface area contributed by atoms with Crippen molar-refractivity contribution in [1.29, 1.82) is 0 Å². The molecule has 0 radical (unpaired) electrons. The molecular formula is C26H28F2N4O4S2. The number of aromatic nitrogens is 1. The average Bonchev–Trinajstić information content (AvgIpc) is 3.44. The number of nitrogens with zero attached hydrogens (tertiary/aromatic N) is 3. The molecule has 1 N–H and O–H groups in total. The van der Waals surface area contributed by atoms with Gasteiger partial charge in [-0.15, -0.1) is 11.3 Å². The zero-order valence-corrected chi connectivity index (χ0v) is 22.8. The summed E-state index contributed by atoms with van der Waals surface area (Å²) in [5.41, 5.74) is 2.19. The molecule has 2 atom stereocenters. The first-order valence-electron chi connectivity index (χ1n) is 12.3. The summed E-state index contributed by atoms with van der Waals surface area (Å²) >= 11 is 1.35. The number of benzene rings is 1. The topological polar surface area (TPSA) is 101 Å². The van der Waals surface area contributed by atoms with Crippen molar-refractivity contribution in [2.24, 2.45) is 10.9 Å². The van der Waals surface area contributed by atoms with Crippen molar-refractivity contribution in [2.75, 3.05) is 20.2 Å². The third-order valence-electron chi connectivity index (χ3n) is 7.39. The van der Waals surface area contributed by atoms with Crippen molar-refractivity contribution < 1.29 is 26.7 Å². The molecule has 1 aromatic heterocycles. The van der Waals surface area contributed by atoms with E-state index in [0.29, 0.717) is 54.5 Å². The van der Waals surface area contributed by atoms with Gasteiger partial charge in [-0.05, 0) is 50.3 Å².